The lowest BCUT2D eigenvalue weighted by Gasteiger charge is -2.03. The van der Waals surface area contributed by atoms with Crippen LogP contribution in [-0.2, 0) is 9.53 Å². The van der Waals surface area contributed by atoms with Crippen LogP contribution in [0.15, 0.2) is 0 Å². The first-order valence-electron chi connectivity index (χ1n) is 3.11. The number of ether oxygens (including phenoxy) is 1. The molecule has 0 saturated carbocycles. The first-order chi connectivity index (χ1) is 4.66. The van der Waals surface area contributed by atoms with E-state index in [1.807, 2.05) is 0 Å². The van der Waals surface area contributed by atoms with Gasteiger partial charge in [-0.3, -0.25) is 0 Å². The normalized spacial score (nSPS) is 12.7. The van der Waals surface area contributed by atoms with E-state index in [4.69, 9.17) is 10.2 Å². The quantitative estimate of drug-likeness (QED) is 0.517. The number of rotatable bonds is 4. The van der Waals surface area contributed by atoms with Crippen LogP contribution in [0.25, 0.3) is 0 Å². The molecule has 0 bridgehead atoms. The van der Waals surface area contributed by atoms with Gasteiger partial charge in [0.25, 0.3) is 0 Å². The van der Waals surface area contributed by atoms with E-state index in [2.05, 4.69) is 4.74 Å². The lowest BCUT2D eigenvalue weighted by molar-refractivity contribution is -0.147. The number of aliphatic hydroxyl groups is 2. The van der Waals surface area contributed by atoms with Crippen LogP contribution in [-0.4, -0.2) is 35.5 Å². The Morgan fingerprint density at radius 2 is 2.30 bits per heavy atom. The Morgan fingerprint density at radius 3 is 2.70 bits per heavy atom. The monoisotopic (exact) mass is 148 g/mol. The van der Waals surface area contributed by atoms with E-state index in [-0.39, 0.29) is 6.61 Å². The van der Waals surface area contributed by atoms with E-state index in [1.54, 1.807) is 6.92 Å². The molecule has 0 heterocycles. The van der Waals surface area contributed by atoms with Crippen molar-refractivity contribution in [3.05, 3.63) is 0 Å². The van der Waals surface area contributed by atoms with Gasteiger partial charge in [0.05, 0.1) is 12.7 Å². The number of hydrogen-bond acceptors (Lipinski definition) is 4. The molecule has 0 fully saturated rings. The maximum Gasteiger partial charge on any atom is 0.331 e. The van der Waals surface area contributed by atoms with Gasteiger partial charge in [-0.15, -0.1) is 0 Å². The van der Waals surface area contributed by atoms with Crippen molar-refractivity contribution in [2.75, 3.05) is 13.2 Å². The van der Waals surface area contributed by atoms with Gasteiger partial charge in [-0.2, -0.15) is 0 Å². The molecule has 60 valence electrons. The smallest absolute Gasteiger partial charge is 0.331 e. The molecule has 0 aliphatic rings. The largest absolute Gasteiger partial charge is 0.464 e. The molecule has 0 saturated heterocycles. The van der Waals surface area contributed by atoms with Gasteiger partial charge in [-0.25, -0.2) is 4.79 Å². The van der Waals surface area contributed by atoms with Crippen LogP contribution >= 0.6 is 0 Å². The zero-order chi connectivity index (χ0) is 7.98. The average Bonchev–Trinajstić information content (AvgIpc) is 1.87. The molecular weight excluding hydrogens is 136 g/mol. The summed E-state index contributed by atoms with van der Waals surface area (Å²) in [5.74, 6) is -0.652. The molecule has 1 atom stereocenters. The van der Waals surface area contributed by atoms with Gasteiger partial charge >= 0.3 is 5.97 Å². The second-order valence-corrected chi connectivity index (χ2v) is 2.02. The van der Waals surface area contributed by atoms with Crippen molar-refractivity contribution >= 4 is 5.97 Å². The molecule has 4 nitrogen and oxygen atoms in total. The summed E-state index contributed by atoms with van der Waals surface area (Å²) >= 11 is 0. The van der Waals surface area contributed by atoms with E-state index >= 15 is 0 Å². The molecule has 0 amide bonds. The van der Waals surface area contributed by atoms with E-state index in [1.165, 1.54) is 0 Å². The Morgan fingerprint density at radius 1 is 1.70 bits per heavy atom. The van der Waals surface area contributed by atoms with Crippen molar-refractivity contribution in [2.45, 2.75) is 19.4 Å². The highest BCUT2D eigenvalue weighted by Crippen LogP contribution is 1.89. The van der Waals surface area contributed by atoms with Crippen LogP contribution in [0.2, 0.25) is 0 Å². The Kier molecular flexibility index (Phi) is 4.88. The van der Waals surface area contributed by atoms with Crippen LogP contribution < -0.4 is 0 Å². The molecule has 0 aromatic heterocycles. The lowest BCUT2D eigenvalue weighted by Crippen LogP contribution is -2.13. The summed E-state index contributed by atoms with van der Waals surface area (Å²) in [4.78, 5) is 10.2. The summed E-state index contributed by atoms with van der Waals surface area (Å²) in [5.41, 5.74) is 0. The average molecular weight is 148 g/mol. The van der Waals surface area contributed by atoms with Crippen molar-refractivity contribution in [1.82, 2.24) is 0 Å². The van der Waals surface area contributed by atoms with Crippen molar-refractivity contribution in [3.63, 3.8) is 0 Å². The van der Waals surface area contributed by atoms with Gasteiger partial charge in [0.1, 0.15) is 6.61 Å². The highest BCUT2D eigenvalue weighted by Gasteiger charge is 2.00. The maximum atomic E-state index is 10.2. The minimum Gasteiger partial charge on any atom is -0.464 e. The van der Waals surface area contributed by atoms with Crippen molar-refractivity contribution < 1.29 is 19.7 Å². The Labute approximate surface area is 59.4 Å². The lowest BCUT2D eigenvalue weighted by atomic mass is 10.3. The van der Waals surface area contributed by atoms with Gasteiger partial charge in [0, 0.05) is 6.42 Å². The minimum atomic E-state index is -0.652. The topological polar surface area (TPSA) is 66.8 Å². The van der Waals surface area contributed by atoms with Gasteiger partial charge in [-0.1, -0.05) is 0 Å². The summed E-state index contributed by atoms with van der Waals surface area (Å²) in [6.45, 7) is 1.17. The van der Waals surface area contributed by atoms with Crippen molar-refractivity contribution in [1.29, 1.82) is 0 Å². The SMILES string of the molecule is CC(O)CCOC(=O)CO. The summed E-state index contributed by atoms with van der Waals surface area (Å²) < 4.78 is 4.45. The van der Waals surface area contributed by atoms with E-state index in [0.29, 0.717) is 6.42 Å². The van der Waals surface area contributed by atoms with Crippen LogP contribution in [0.3, 0.4) is 0 Å². The highest BCUT2D eigenvalue weighted by molar-refractivity contribution is 5.70. The molecular formula is C6H12O4. The summed E-state index contributed by atoms with van der Waals surface area (Å²) in [6, 6.07) is 0. The third kappa shape index (κ3) is 5.53. The van der Waals surface area contributed by atoms with Crippen LogP contribution in [0.4, 0.5) is 0 Å². The molecule has 2 N–H and O–H groups in total. The van der Waals surface area contributed by atoms with Gasteiger partial charge in [0.2, 0.25) is 0 Å². The number of carbonyl (C=O) groups excluding carboxylic acids is 1. The fourth-order valence-corrected chi connectivity index (χ4v) is 0.389. The van der Waals surface area contributed by atoms with E-state index < -0.39 is 18.7 Å². The molecule has 10 heavy (non-hydrogen) atoms. The fourth-order valence-electron chi connectivity index (χ4n) is 0.389. The van der Waals surface area contributed by atoms with Gasteiger partial charge < -0.3 is 14.9 Å². The maximum absolute atomic E-state index is 10.2. The molecule has 0 rings (SSSR count). The highest BCUT2D eigenvalue weighted by atomic mass is 16.5. The number of aliphatic hydroxyl groups excluding tert-OH is 2. The van der Waals surface area contributed by atoms with Crippen LogP contribution in [0, 0.1) is 0 Å². The van der Waals surface area contributed by atoms with Crippen LogP contribution in [0.5, 0.6) is 0 Å². The number of esters is 1. The van der Waals surface area contributed by atoms with Crippen LogP contribution in [0.1, 0.15) is 13.3 Å². The molecule has 0 aromatic rings. The Balaban J connectivity index is 3.12. The first kappa shape index (κ1) is 9.39. The van der Waals surface area contributed by atoms with E-state index in [9.17, 15) is 4.79 Å². The predicted molar refractivity (Wildman–Crippen MR) is 34.3 cm³/mol. The molecule has 0 aliphatic carbocycles. The number of hydrogen-bond donors (Lipinski definition) is 2. The standard InChI is InChI=1S/C6H12O4/c1-5(8)2-3-10-6(9)4-7/h5,7-8H,2-4H2,1H3. The molecule has 0 aliphatic heterocycles. The number of carbonyl (C=O) groups is 1. The summed E-state index contributed by atoms with van der Waals surface area (Å²) in [6.07, 6.45) is -0.0577. The molecule has 4 heteroatoms. The second-order valence-electron chi connectivity index (χ2n) is 2.02. The van der Waals surface area contributed by atoms with Gasteiger partial charge in [-0.05, 0) is 6.92 Å². The molecule has 1 unspecified atom stereocenters. The molecule has 0 spiro atoms. The minimum absolute atomic E-state index is 0.164. The summed E-state index contributed by atoms with van der Waals surface area (Å²) in [7, 11) is 0. The van der Waals surface area contributed by atoms with Crippen molar-refractivity contribution in [2.24, 2.45) is 0 Å². The fraction of sp³-hybridized carbons (Fsp3) is 0.833. The zero-order valence-electron chi connectivity index (χ0n) is 5.91. The van der Waals surface area contributed by atoms with E-state index in [0.717, 1.165) is 0 Å². The van der Waals surface area contributed by atoms with Crippen molar-refractivity contribution in [3.8, 4) is 0 Å². The summed E-state index contributed by atoms with van der Waals surface area (Å²) in [5, 5.41) is 16.8. The first-order valence-corrected chi connectivity index (χ1v) is 3.11. The predicted octanol–water partition coefficient (Wildman–Crippen LogP) is -0.707. The van der Waals surface area contributed by atoms with Gasteiger partial charge in [0.15, 0.2) is 0 Å². The third-order valence-electron chi connectivity index (χ3n) is 0.928. The molecule has 0 aromatic carbocycles. The zero-order valence-corrected chi connectivity index (χ0v) is 5.91. The Bertz CT molecular complexity index is 99.9. The second kappa shape index (κ2) is 5.20. The third-order valence-corrected chi connectivity index (χ3v) is 0.928. The molecule has 0 radical (unpaired) electrons. The Hall–Kier alpha value is -0.610.